The number of rotatable bonds is 6. The van der Waals surface area contributed by atoms with Crippen molar-refractivity contribution < 1.29 is 26.4 Å². The van der Waals surface area contributed by atoms with E-state index in [-0.39, 0.29) is 18.7 Å². The molecule has 0 aliphatic rings. The van der Waals surface area contributed by atoms with Crippen molar-refractivity contribution in [3.8, 4) is 0 Å². The molecule has 0 saturated carbocycles. The first-order valence-electron chi connectivity index (χ1n) is 7.77. The predicted octanol–water partition coefficient (Wildman–Crippen LogP) is 3.39. The van der Waals surface area contributed by atoms with Gasteiger partial charge in [-0.2, -0.15) is 4.31 Å². The Kier molecular flexibility index (Phi) is 6.04. The second kappa shape index (κ2) is 7.88. The molecule has 1 N–H and O–H groups in total. The van der Waals surface area contributed by atoms with Gasteiger partial charge in [-0.25, -0.2) is 21.6 Å². The van der Waals surface area contributed by atoms with E-state index in [2.05, 4.69) is 0 Å². The Morgan fingerprint density at radius 3 is 2.12 bits per heavy atom. The molecule has 0 aliphatic heterocycles. The largest absolute Gasteiger partial charge is 0.317 e. The van der Waals surface area contributed by atoms with Crippen LogP contribution in [0.4, 0.5) is 18.9 Å². The number of amides is 1. The Bertz CT molecular complexity index is 909. The number of para-hydroxylation sites is 1. The molecule has 0 aromatic heterocycles. The number of nitrogens with zero attached hydrogens (tertiary/aromatic N) is 1. The minimum atomic E-state index is -4.15. The van der Waals surface area contributed by atoms with Gasteiger partial charge < -0.3 is 5.32 Å². The van der Waals surface area contributed by atoms with E-state index in [9.17, 15) is 26.4 Å². The fourth-order valence-electron chi connectivity index (χ4n) is 2.35. The standard InChI is InChI=1S/C17H17F3N2O3S/c1-3-22(4-2)26(24,25)15-10-11(8-9-12(15)18)17(23)21-16-13(19)6-5-7-14(16)20/h5-10H,3-4H2,1-2H3,(H,21,23). The Hall–Kier alpha value is -2.39. The summed E-state index contributed by atoms with van der Waals surface area (Å²) in [5, 5.41) is 2.03. The van der Waals surface area contributed by atoms with Crippen molar-refractivity contribution in [2.45, 2.75) is 18.7 Å². The van der Waals surface area contributed by atoms with Crippen molar-refractivity contribution in [1.82, 2.24) is 4.31 Å². The molecule has 2 aromatic rings. The van der Waals surface area contributed by atoms with Gasteiger partial charge in [0.25, 0.3) is 5.91 Å². The van der Waals surface area contributed by atoms with E-state index in [1.54, 1.807) is 13.8 Å². The first-order chi connectivity index (χ1) is 12.2. The topological polar surface area (TPSA) is 66.5 Å². The minimum Gasteiger partial charge on any atom is -0.317 e. The second-order valence-electron chi connectivity index (χ2n) is 5.29. The highest BCUT2D eigenvalue weighted by Gasteiger charge is 2.26. The van der Waals surface area contributed by atoms with Crippen LogP contribution in [-0.2, 0) is 10.0 Å². The average Bonchev–Trinajstić information content (AvgIpc) is 2.59. The van der Waals surface area contributed by atoms with Crippen LogP contribution in [0.3, 0.4) is 0 Å². The maximum atomic E-state index is 14.1. The van der Waals surface area contributed by atoms with Gasteiger partial charge in [-0.15, -0.1) is 0 Å². The number of benzene rings is 2. The molecular formula is C17H17F3N2O3S. The lowest BCUT2D eigenvalue weighted by molar-refractivity contribution is 0.102. The lowest BCUT2D eigenvalue weighted by Gasteiger charge is -2.19. The molecule has 0 bridgehead atoms. The van der Waals surface area contributed by atoms with Gasteiger partial charge in [0.05, 0.1) is 0 Å². The number of nitrogens with one attached hydrogen (secondary N) is 1. The summed E-state index contributed by atoms with van der Waals surface area (Å²) in [4.78, 5) is 11.6. The second-order valence-corrected chi connectivity index (χ2v) is 7.19. The monoisotopic (exact) mass is 386 g/mol. The maximum Gasteiger partial charge on any atom is 0.255 e. The van der Waals surface area contributed by atoms with Crippen molar-refractivity contribution in [2.24, 2.45) is 0 Å². The third kappa shape index (κ3) is 3.88. The van der Waals surface area contributed by atoms with E-state index in [4.69, 9.17) is 0 Å². The molecule has 140 valence electrons. The summed E-state index contributed by atoms with van der Waals surface area (Å²) in [6, 6.07) is 5.75. The summed E-state index contributed by atoms with van der Waals surface area (Å²) < 4.78 is 67.4. The van der Waals surface area contributed by atoms with Crippen LogP contribution in [0.15, 0.2) is 41.3 Å². The lowest BCUT2D eigenvalue weighted by Crippen LogP contribution is -2.31. The summed E-state index contributed by atoms with van der Waals surface area (Å²) in [7, 11) is -4.15. The molecule has 0 unspecified atom stereocenters. The van der Waals surface area contributed by atoms with Gasteiger partial charge >= 0.3 is 0 Å². The van der Waals surface area contributed by atoms with E-state index < -0.39 is 44.0 Å². The highest BCUT2D eigenvalue weighted by Crippen LogP contribution is 2.23. The minimum absolute atomic E-state index is 0.120. The fourth-order valence-corrected chi connectivity index (χ4v) is 3.90. The number of anilines is 1. The third-order valence-corrected chi connectivity index (χ3v) is 5.78. The Balaban J connectivity index is 2.42. The number of halogens is 3. The molecule has 0 radical (unpaired) electrons. The van der Waals surface area contributed by atoms with Crippen molar-refractivity contribution in [2.75, 3.05) is 18.4 Å². The van der Waals surface area contributed by atoms with E-state index in [1.165, 1.54) is 0 Å². The zero-order valence-corrected chi connectivity index (χ0v) is 14.9. The molecule has 26 heavy (non-hydrogen) atoms. The van der Waals surface area contributed by atoms with Crippen LogP contribution in [0.1, 0.15) is 24.2 Å². The zero-order chi connectivity index (χ0) is 19.5. The molecule has 2 aromatic carbocycles. The molecule has 0 spiro atoms. The molecule has 0 saturated heterocycles. The van der Waals surface area contributed by atoms with Crippen LogP contribution >= 0.6 is 0 Å². The van der Waals surface area contributed by atoms with Crippen molar-refractivity contribution in [3.63, 3.8) is 0 Å². The summed E-state index contributed by atoms with van der Waals surface area (Å²) >= 11 is 0. The Morgan fingerprint density at radius 2 is 1.58 bits per heavy atom. The number of sulfonamides is 1. The molecule has 5 nitrogen and oxygen atoms in total. The molecule has 0 fully saturated rings. The van der Waals surface area contributed by atoms with Gasteiger partial charge in [-0.3, -0.25) is 4.79 Å². The Morgan fingerprint density at radius 1 is 1.00 bits per heavy atom. The van der Waals surface area contributed by atoms with Gasteiger partial charge in [0, 0.05) is 18.7 Å². The van der Waals surface area contributed by atoms with Crippen LogP contribution in [0.2, 0.25) is 0 Å². The van der Waals surface area contributed by atoms with E-state index in [0.29, 0.717) is 0 Å². The van der Waals surface area contributed by atoms with Gasteiger partial charge in [0.1, 0.15) is 28.0 Å². The van der Waals surface area contributed by atoms with E-state index in [1.807, 2.05) is 5.32 Å². The zero-order valence-electron chi connectivity index (χ0n) is 14.1. The summed E-state index contributed by atoms with van der Waals surface area (Å²) in [5.74, 6) is -3.97. The molecule has 0 heterocycles. The average molecular weight is 386 g/mol. The first kappa shape index (κ1) is 19.9. The van der Waals surface area contributed by atoms with Crippen molar-refractivity contribution >= 4 is 21.6 Å². The number of hydrogen-bond acceptors (Lipinski definition) is 3. The first-order valence-corrected chi connectivity index (χ1v) is 9.21. The fraction of sp³-hybridized carbons (Fsp3) is 0.235. The van der Waals surface area contributed by atoms with Crippen LogP contribution in [0.25, 0.3) is 0 Å². The highest BCUT2D eigenvalue weighted by molar-refractivity contribution is 7.89. The van der Waals surface area contributed by atoms with E-state index in [0.717, 1.165) is 40.7 Å². The molecular weight excluding hydrogens is 369 g/mol. The highest BCUT2D eigenvalue weighted by atomic mass is 32.2. The van der Waals surface area contributed by atoms with Crippen LogP contribution < -0.4 is 5.32 Å². The smallest absolute Gasteiger partial charge is 0.255 e. The number of hydrogen-bond donors (Lipinski definition) is 1. The number of carbonyl (C=O) groups excluding carboxylic acids is 1. The van der Waals surface area contributed by atoms with E-state index >= 15 is 0 Å². The summed E-state index contributed by atoms with van der Waals surface area (Å²) in [5.41, 5.74) is -0.922. The quantitative estimate of drug-likeness (QED) is 0.828. The van der Waals surface area contributed by atoms with Gasteiger partial charge in [-0.05, 0) is 30.3 Å². The van der Waals surface area contributed by atoms with Crippen molar-refractivity contribution in [1.29, 1.82) is 0 Å². The normalized spacial score (nSPS) is 11.6. The maximum absolute atomic E-state index is 14.1. The van der Waals surface area contributed by atoms with Crippen LogP contribution in [0, 0.1) is 17.5 Å². The summed E-state index contributed by atoms with van der Waals surface area (Å²) in [6.45, 7) is 3.43. The predicted molar refractivity (Wildman–Crippen MR) is 90.8 cm³/mol. The number of carbonyl (C=O) groups is 1. The molecule has 2 rings (SSSR count). The molecule has 1 amide bonds. The SMILES string of the molecule is CCN(CC)S(=O)(=O)c1cc(C(=O)Nc2c(F)cccc2F)ccc1F. The van der Waals surface area contributed by atoms with Crippen molar-refractivity contribution in [3.05, 3.63) is 59.4 Å². The van der Waals surface area contributed by atoms with Gasteiger partial charge in [-0.1, -0.05) is 19.9 Å². The molecule has 0 atom stereocenters. The van der Waals surface area contributed by atoms with Crippen LogP contribution in [0.5, 0.6) is 0 Å². The van der Waals surface area contributed by atoms with Gasteiger partial charge in [0.15, 0.2) is 0 Å². The Labute approximate surface area is 149 Å². The molecule has 9 heteroatoms. The summed E-state index contributed by atoms with van der Waals surface area (Å²) in [6.07, 6.45) is 0. The lowest BCUT2D eigenvalue weighted by atomic mass is 10.2. The van der Waals surface area contributed by atoms with Gasteiger partial charge in [0.2, 0.25) is 10.0 Å². The van der Waals surface area contributed by atoms with Crippen LogP contribution in [-0.4, -0.2) is 31.7 Å². The third-order valence-electron chi connectivity index (χ3n) is 3.72. The molecule has 0 aliphatic carbocycles.